The molecule has 9 aromatic rings. The molecule has 6 aromatic carbocycles. The molecule has 3 heteroatoms. The van der Waals surface area contributed by atoms with Crippen molar-refractivity contribution in [3.05, 3.63) is 163 Å². The maximum absolute atomic E-state index is 5.21. The second-order valence-corrected chi connectivity index (χ2v) is 13.7. The fourth-order valence-corrected chi connectivity index (χ4v) is 7.94. The van der Waals surface area contributed by atoms with Crippen LogP contribution in [0.15, 0.2) is 152 Å². The lowest BCUT2D eigenvalue weighted by molar-refractivity contribution is 0.658. The third-order valence-electron chi connectivity index (χ3n) is 10.5. The highest BCUT2D eigenvalue weighted by Crippen LogP contribution is 2.48. The first-order chi connectivity index (χ1) is 24.0. The molecule has 49 heavy (non-hydrogen) atoms. The minimum absolute atomic E-state index is 0.180. The molecule has 0 amide bonds. The van der Waals surface area contributed by atoms with E-state index in [0.29, 0.717) is 0 Å². The molecule has 0 radical (unpaired) electrons. The summed E-state index contributed by atoms with van der Waals surface area (Å²) < 4.78 is 0. The Hall–Kier alpha value is -6.19. The Kier molecular flexibility index (Phi) is 5.92. The third-order valence-corrected chi connectivity index (χ3v) is 10.5. The van der Waals surface area contributed by atoms with Gasteiger partial charge in [0.05, 0.1) is 22.8 Å². The predicted molar refractivity (Wildman–Crippen MR) is 203 cm³/mol. The lowest BCUT2D eigenvalue weighted by Crippen LogP contribution is -2.15. The van der Waals surface area contributed by atoms with Crippen LogP contribution in [0.4, 0.5) is 0 Å². The van der Waals surface area contributed by atoms with Gasteiger partial charge in [-0.2, -0.15) is 0 Å². The SMILES string of the molecule is CC1(C)c2cccnc2-c2ncc(-c3cc(-c4ccccc4)nc(-c4ccc(-c5ccc6ccc7cccc8ccc5c6c78)cc4)c3)cc21. The van der Waals surface area contributed by atoms with Gasteiger partial charge >= 0.3 is 0 Å². The van der Waals surface area contributed by atoms with Crippen LogP contribution in [-0.2, 0) is 5.41 Å². The van der Waals surface area contributed by atoms with E-state index < -0.39 is 0 Å². The van der Waals surface area contributed by atoms with Gasteiger partial charge in [0.15, 0.2) is 0 Å². The van der Waals surface area contributed by atoms with Crippen LogP contribution in [0, 0.1) is 0 Å². The fourth-order valence-electron chi connectivity index (χ4n) is 7.94. The predicted octanol–water partition coefficient (Wildman–Crippen LogP) is 11.7. The van der Waals surface area contributed by atoms with Gasteiger partial charge in [0, 0.05) is 34.5 Å². The molecule has 0 N–H and O–H groups in total. The number of aromatic nitrogens is 3. The molecule has 0 atom stereocenters. The summed E-state index contributed by atoms with van der Waals surface area (Å²) in [6, 6.07) is 50.3. The second kappa shape index (κ2) is 10.4. The fraction of sp³-hybridized carbons (Fsp3) is 0.0652. The smallest absolute Gasteiger partial charge is 0.0930 e. The van der Waals surface area contributed by atoms with Gasteiger partial charge in [-0.25, -0.2) is 4.98 Å². The Morgan fingerprint density at radius 1 is 0.449 bits per heavy atom. The summed E-state index contributed by atoms with van der Waals surface area (Å²) >= 11 is 0. The van der Waals surface area contributed by atoms with Gasteiger partial charge in [0.1, 0.15) is 0 Å². The molecule has 1 aliphatic rings. The highest BCUT2D eigenvalue weighted by Gasteiger charge is 2.37. The van der Waals surface area contributed by atoms with E-state index in [2.05, 4.69) is 141 Å². The maximum atomic E-state index is 5.21. The second-order valence-electron chi connectivity index (χ2n) is 13.7. The Labute approximate surface area is 284 Å². The minimum Gasteiger partial charge on any atom is -0.254 e. The zero-order valence-electron chi connectivity index (χ0n) is 27.3. The Balaban J connectivity index is 1.09. The Morgan fingerprint density at radius 2 is 1.10 bits per heavy atom. The number of pyridine rings is 3. The van der Waals surface area contributed by atoms with Crippen molar-refractivity contribution in [2.45, 2.75) is 19.3 Å². The molecule has 0 saturated carbocycles. The highest BCUT2D eigenvalue weighted by atomic mass is 14.8. The number of nitrogens with zero attached hydrogens (tertiary/aromatic N) is 3. The molecular weight excluding hydrogens is 595 g/mol. The van der Waals surface area contributed by atoms with Crippen LogP contribution >= 0.6 is 0 Å². The molecule has 0 bridgehead atoms. The molecule has 3 aromatic heterocycles. The summed E-state index contributed by atoms with van der Waals surface area (Å²) in [4.78, 5) is 14.9. The normalized spacial score (nSPS) is 13.3. The van der Waals surface area contributed by atoms with Crippen LogP contribution in [0.3, 0.4) is 0 Å². The van der Waals surface area contributed by atoms with Crippen LogP contribution in [0.1, 0.15) is 25.0 Å². The average Bonchev–Trinajstić information content (AvgIpc) is 3.39. The van der Waals surface area contributed by atoms with Crippen molar-refractivity contribution in [2.75, 3.05) is 0 Å². The van der Waals surface area contributed by atoms with Gasteiger partial charge in [-0.3, -0.25) is 9.97 Å². The largest absolute Gasteiger partial charge is 0.254 e. The molecule has 0 aliphatic heterocycles. The van der Waals surface area contributed by atoms with Crippen molar-refractivity contribution >= 4 is 32.3 Å². The summed E-state index contributed by atoms with van der Waals surface area (Å²) in [5.41, 5.74) is 12.8. The van der Waals surface area contributed by atoms with Crippen molar-refractivity contribution in [1.82, 2.24) is 15.0 Å². The maximum Gasteiger partial charge on any atom is 0.0930 e. The van der Waals surface area contributed by atoms with E-state index in [-0.39, 0.29) is 5.41 Å². The molecule has 3 nitrogen and oxygen atoms in total. The number of hydrogen-bond acceptors (Lipinski definition) is 3. The molecule has 1 aliphatic carbocycles. The van der Waals surface area contributed by atoms with E-state index in [1.807, 2.05) is 24.5 Å². The molecule has 10 rings (SSSR count). The van der Waals surface area contributed by atoms with Gasteiger partial charge in [0.25, 0.3) is 0 Å². The highest BCUT2D eigenvalue weighted by molar-refractivity contribution is 6.25. The lowest BCUT2D eigenvalue weighted by atomic mass is 9.82. The monoisotopic (exact) mass is 625 g/mol. The first-order valence-corrected chi connectivity index (χ1v) is 16.8. The van der Waals surface area contributed by atoms with Crippen LogP contribution < -0.4 is 0 Å². The summed E-state index contributed by atoms with van der Waals surface area (Å²) in [6.45, 7) is 4.53. The average molecular weight is 626 g/mol. The summed E-state index contributed by atoms with van der Waals surface area (Å²) in [5, 5.41) is 7.81. The van der Waals surface area contributed by atoms with E-state index >= 15 is 0 Å². The molecule has 0 fully saturated rings. The molecule has 0 unspecified atom stereocenters. The zero-order chi connectivity index (χ0) is 32.7. The van der Waals surface area contributed by atoms with Crippen LogP contribution in [-0.4, -0.2) is 15.0 Å². The third kappa shape index (κ3) is 4.25. The summed E-state index contributed by atoms with van der Waals surface area (Å²) in [5.74, 6) is 0. The van der Waals surface area contributed by atoms with Crippen molar-refractivity contribution < 1.29 is 0 Å². The topological polar surface area (TPSA) is 38.7 Å². The van der Waals surface area contributed by atoms with Crippen LogP contribution in [0.2, 0.25) is 0 Å². The lowest BCUT2D eigenvalue weighted by Gasteiger charge is -2.21. The Morgan fingerprint density at radius 3 is 1.88 bits per heavy atom. The number of rotatable bonds is 4. The quantitative estimate of drug-likeness (QED) is 0.183. The summed E-state index contributed by atoms with van der Waals surface area (Å²) in [7, 11) is 0. The van der Waals surface area contributed by atoms with Crippen molar-refractivity contribution in [3.8, 4) is 56.2 Å². The van der Waals surface area contributed by atoms with E-state index in [4.69, 9.17) is 15.0 Å². The van der Waals surface area contributed by atoms with E-state index in [1.54, 1.807) is 0 Å². The van der Waals surface area contributed by atoms with Gasteiger partial charge in [-0.15, -0.1) is 0 Å². The molecule has 0 saturated heterocycles. The number of hydrogen-bond donors (Lipinski definition) is 0. The first-order valence-electron chi connectivity index (χ1n) is 16.8. The van der Waals surface area contributed by atoms with Gasteiger partial charge in [-0.1, -0.05) is 129 Å². The van der Waals surface area contributed by atoms with E-state index in [9.17, 15) is 0 Å². The zero-order valence-corrected chi connectivity index (χ0v) is 27.3. The van der Waals surface area contributed by atoms with Gasteiger partial charge in [0.2, 0.25) is 0 Å². The number of benzene rings is 6. The van der Waals surface area contributed by atoms with E-state index in [1.165, 1.54) is 54.6 Å². The first kappa shape index (κ1) is 27.9. The van der Waals surface area contributed by atoms with Crippen molar-refractivity contribution in [1.29, 1.82) is 0 Å². The number of fused-ring (bicyclic) bond motifs is 3. The van der Waals surface area contributed by atoms with Crippen LogP contribution in [0.5, 0.6) is 0 Å². The van der Waals surface area contributed by atoms with Gasteiger partial charge in [-0.05, 0) is 84.4 Å². The molecule has 230 valence electrons. The molecule has 3 heterocycles. The van der Waals surface area contributed by atoms with Gasteiger partial charge < -0.3 is 0 Å². The van der Waals surface area contributed by atoms with Crippen LogP contribution in [0.25, 0.3) is 88.5 Å². The van der Waals surface area contributed by atoms with E-state index in [0.717, 1.165) is 45.0 Å². The van der Waals surface area contributed by atoms with Crippen molar-refractivity contribution in [3.63, 3.8) is 0 Å². The van der Waals surface area contributed by atoms with Crippen molar-refractivity contribution in [2.24, 2.45) is 0 Å². The molecule has 0 spiro atoms. The summed E-state index contributed by atoms with van der Waals surface area (Å²) in [6.07, 6.45) is 3.85. The minimum atomic E-state index is -0.180. The standard InChI is InChI=1S/C46H31N3/c1-46(2)38-12-7-23-47-44(38)45-39(46)24-35(27-48-45)34-25-40(29-8-4-3-5-9-29)49-41(26-34)30-15-13-28(14-16-30)36-21-19-33-18-17-31-10-6-11-32-20-22-37(36)43(33)42(31)32/h3-27H,1-2H3. The Bertz CT molecular complexity index is 2710. The molecular formula is C46H31N3.